The molecule has 0 radical (unpaired) electrons. The molecule has 0 saturated carbocycles. The Labute approximate surface area is 110 Å². The molecule has 1 N–H and O–H groups in total. The average molecular weight is 271 g/mol. The molecule has 0 aromatic carbocycles. The van der Waals surface area contributed by atoms with Gasteiger partial charge in [0.05, 0.1) is 10.7 Å². The van der Waals surface area contributed by atoms with Crippen LogP contribution in [0.25, 0.3) is 0 Å². The van der Waals surface area contributed by atoms with Crippen LogP contribution in [-0.2, 0) is 9.53 Å². The second-order valence-electron chi connectivity index (χ2n) is 4.66. The first-order valence-corrected chi connectivity index (χ1v) is 5.76. The normalized spacial score (nSPS) is 12.7. The first-order chi connectivity index (χ1) is 8.31. The van der Waals surface area contributed by atoms with E-state index in [0.717, 1.165) is 0 Å². The van der Waals surface area contributed by atoms with Crippen LogP contribution in [0.5, 0.6) is 0 Å². The number of hydrogen-bond donors (Lipinski definition) is 1. The maximum atomic E-state index is 11.5. The van der Waals surface area contributed by atoms with Crippen LogP contribution < -0.4 is 5.32 Å². The van der Waals surface area contributed by atoms with Gasteiger partial charge in [0.15, 0.2) is 0 Å². The third kappa shape index (κ3) is 4.71. The molecule has 1 atom stereocenters. The summed E-state index contributed by atoms with van der Waals surface area (Å²) in [6, 6.07) is 2.31. The quantitative estimate of drug-likeness (QED) is 0.857. The Kier molecular flexibility index (Phi) is 4.67. The predicted octanol–water partition coefficient (Wildman–Crippen LogP) is 2.50. The molecule has 18 heavy (non-hydrogen) atoms. The van der Waals surface area contributed by atoms with Gasteiger partial charge in [-0.15, -0.1) is 0 Å². The summed E-state index contributed by atoms with van der Waals surface area (Å²) in [6.07, 6.45) is 1.32. The fraction of sp³-hybridized carbons (Fsp3) is 0.417. The highest BCUT2D eigenvalue weighted by Crippen LogP contribution is 2.13. The minimum atomic E-state index is -0.850. The molecule has 98 valence electrons. The third-order valence-electron chi connectivity index (χ3n) is 1.88. The van der Waals surface area contributed by atoms with Crippen molar-refractivity contribution in [2.24, 2.45) is 0 Å². The van der Waals surface area contributed by atoms with Crippen molar-refractivity contribution in [2.75, 3.05) is 0 Å². The van der Waals surface area contributed by atoms with E-state index >= 15 is 0 Å². The van der Waals surface area contributed by atoms with Crippen LogP contribution in [0.2, 0.25) is 5.02 Å². The van der Waals surface area contributed by atoms with E-state index in [2.05, 4.69) is 10.3 Å². The van der Waals surface area contributed by atoms with E-state index in [4.69, 9.17) is 16.3 Å². The minimum Gasteiger partial charge on any atom is -0.444 e. The summed E-state index contributed by atoms with van der Waals surface area (Å²) in [7, 11) is 0. The molecular weight excluding hydrogens is 256 g/mol. The van der Waals surface area contributed by atoms with Gasteiger partial charge < -0.3 is 14.8 Å². The van der Waals surface area contributed by atoms with Gasteiger partial charge in [-0.05, 0) is 32.9 Å². The number of amides is 1. The highest BCUT2D eigenvalue weighted by Gasteiger charge is 2.20. The van der Waals surface area contributed by atoms with Crippen LogP contribution in [0.4, 0.5) is 4.79 Å². The van der Waals surface area contributed by atoms with Crippen LogP contribution in [0.3, 0.4) is 0 Å². The molecule has 1 rings (SSSR count). The molecule has 1 aromatic rings. The lowest BCUT2D eigenvalue weighted by Crippen LogP contribution is -2.35. The fourth-order valence-electron chi connectivity index (χ4n) is 1.18. The lowest BCUT2D eigenvalue weighted by Gasteiger charge is -2.21. The van der Waals surface area contributed by atoms with Crippen molar-refractivity contribution >= 4 is 24.0 Å². The summed E-state index contributed by atoms with van der Waals surface area (Å²) >= 11 is 5.69. The number of carbonyl (C=O) groups excluding carboxylic acids is 2. The lowest BCUT2D eigenvalue weighted by molar-refractivity contribution is -0.109. The number of pyridine rings is 1. The molecule has 0 fully saturated rings. The number of ether oxygens (including phenoxy) is 1. The number of nitrogens with one attached hydrogen (secondary N) is 1. The molecule has 1 heterocycles. The van der Waals surface area contributed by atoms with Crippen LogP contribution in [0.1, 0.15) is 32.5 Å². The van der Waals surface area contributed by atoms with E-state index < -0.39 is 17.7 Å². The molecule has 0 aliphatic carbocycles. The highest BCUT2D eigenvalue weighted by molar-refractivity contribution is 6.30. The zero-order chi connectivity index (χ0) is 13.8. The van der Waals surface area contributed by atoms with E-state index in [9.17, 15) is 9.59 Å². The Morgan fingerprint density at radius 1 is 1.50 bits per heavy atom. The second kappa shape index (κ2) is 5.82. The number of nitrogens with zero attached hydrogens (tertiary/aromatic N) is 1. The maximum Gasteiger partial charge on any atom is 0.408 e. The van der Waals surface area contributed by atoms with Crippen LogP contribution in [0.15, 0.2) is 18.3 Å². The molecule has 0 bridgehead atoms. The Morgan fingerprint density at radius 3 is 2.61 bits per heavy atom. The summed E-state index contributed by atoms with van der Waals surface area (Å²) in [5.41, 5.74) is -0.217. The predicted molar refractivity (Wildman–Crippen MR) is 67.4 cm³/mol. The highest BCUT2D eigenvalue weighted by atomic mass is 35.5. The van der Waals surface area contributed by atoms with Gasteiger partial charge in [0, 0.05) is 6.20 Å². The van der Waals surface area contributed by atoms with Crippen molar-refractivity contribution in [1.29, 1.82) is 0 Å². The Balaban J connectivity index is 2.71. The summed E-state index contributed by atoms with van der Waals surface area (Å²) < 4.78 is 5.05. The van der Waals surface area contributed by atoms with E-state index in [1.165, 1.54) is 6.20 Å². The van der Waals surface area contributed by atoms with E-state index in [-0.39, 0.29) is 0 Å². The van der Waals surface area contributed by atoms with Crippen LogP contribution >= 0.6 is 11.6 Å². The maximum absolute atomic E-state index is 11.5. The first-order valence-electron chi connectivity index (χ1n) is 5.38. The summed E-state index contributed by atoms with van der Waals surface area (Å²) in [5, 5.41) is 2.88. The summed E-state index contributed by atoms with van der Waals surface area (Å²) in [6.45, 7) is 5.22. The monoisotopic (exact) mass is 270 g/mol. The molecule has 0 saturated heterocycles. The third-order valence-corrected chi connectivity index (χ3v) is 2.10. The number of aldehydes is 1. The molecular formula is C12H15ClN2O3. The number of halogens is 1. The molecule has 1 amide bonds. The molecule has 0 spiro atoms. The van der Waals surface area contributed by atoms with E-state index in [0.29, 0.717) is 17.0 Å². The Morgan fingerprint density at radius 2 is 2.17 bits per heavy atom. The Bertz CT molecular complexity index is 426. The lowest BCUT2D eigenvalue weighted by atomic mass is 10.2. The van der Waals surface area contributed by atoms with Gasteiger partial charge in [-0.3, -0.25) is 4.98 Å². The van der Waals surface area contributed by atoms with Crippen molar-refractivity contribution in [2.45, 2.75) is 32.4 Å². The summed E-state index contributed by atoms with van der Waals surface area (Å²) in [5.74, 6) is 0. The standard InChI is InChI=1S/C12H15ClN2O3/c1-12(2,3)18-11(17)15-10(7-16)9-5-4-8(13)6-14-9/h4-7,10H,1-3H3,(H,15,17). The largest absolute Gasteiger partial charge is 0.444 e. The van der Waals surface area contributed by atoms with Gasteiger partial charge in [-0.2, -0.15) is 0 Å². The molecule has 1 aromatic heterocycles. The SMILES string of the molecule is CC(C)(C)OC(=O)NC(C=O)c1ccc(Cl)cn1. The van der Waals surface area contributed by atoms with E-state index in [1.807, 2.05) is 0 Å². The molecule has 6 heteroatoms. The zero-order valence-corrected chi connectivity index (χ0v) is 11.2. The minimum absolute atomic E-state index is 0.403. The topological polar surface area (TPSA) is 68.3 Å². The van der Waals surface area contributed by atoms with Gasteiger partial charge in [-0.25, -0.2) is 4.79 Å². The molecule has 1 unspecified atom stereocenters. The molecule has 0 aliphatic rings. The van der Waals surface area contributed by atoms with Gasteiger partial charge in [-0.1, -0.05) is 11.6 Å². The summed E-state index contributed by atoms with van der Waals surface area (Å²) in [4.78, 5) is 26.4. The number of rotatable bonds is 3. The number of alkyl carbamates (subject to hydrolysis) is 1. The average Bonchev–Trinajstić information content (AvgIpc) is 2.25. The van der Waals surface area contributed by atoms with Crippen molar-refractivity contribution in [3.05, 3.63) is 29.0 Å². The number of aromatic nitrogens is 1. The molecule has 5 nitrogen and oxygen atoms in total. The Hall–Kier alpha value is -1.62. The van der Waals surface area contributed by atoms with Crippen molar-refractivity contribution in [1.82, 2.24) is 10.3 Å². The smallest absolute Gasteiger partial charge is 0.408 e. The van der Waals surface area contributed by atoms with Crippen molar-refractivity contribution in [3.63, 3.8) is 0 Å². The van der Waals surface area contributed by atoms with Crippen molar-refractivity contribution in [3.8, 4) is 0 Å². The van der Waals surface area contributed by atoms with E-state index in [1.54, 1.807) is 32.9 Å². The molecule has 0 aliphatic heterocycles. The van der Waals surface area contributed by atoms with Crippen LogP contribution in [0, 0.1) is 0 Å². The number of hydrogen-bond acceptors (Lipinski definition) is 4. The second-order valence-corrected chi connectivity index (χ2v) is 5.10. The van der Waals surface area contributed by atoms with Crippen LogP contribution in [-0.4, -0.2) is 23.0 Å². The fourth-order valence-corrected chi connectivity index (χ4v) is 1.30. The van der Waals surface area contributed by atoms with Crippen molar-refractivity contribution < 1.29 is 14.3 Å². The first kappa shape index (κ1) is 14.4. The van der Waals surface area contributed by atoms with Gasteiger partial charge >= 0.3 is 6.09 Å². The van der Waals surface area contributed by atoms with Gasteiger partial charge in [0.2, 0.25) is 0 Å². The zero-order valence-electron chi connectivity index (χ0n) is 10.4. The van der Waals surface area contributed by atoms with Gasteiger partial charge in [0.1, 0.15) is 17.9 Å². The number of carbonyl (C=O) groups is 2. The van der Waals surface area contributed by atoms with Gasteiger partial charge in [0.25, 0.3) is 0 Å².